The van der Waals surface area contributed by atoms with Gasteiger partial charge in [-0.1, -0.05) is 42.8 Å². The van der Waals surface area contributed by atoms with Crippen LogP contribution in [0.4, 0.5) is 5.69 Å². The van der Waals surface area contributed by atoms with Crippen molar-refractivity contribution in [2.24, 2.45) is 0 Å². The molecule has 2 aromatic carbocycles. The molecule has 2 aromatic rings. The predicted molar refractivity (Wildman–Crippen MR) is 97.1 cm³/mol. The highest BCUT2D eigenvalue weighted by molar-refractivity contribution is 6.30. The van der Waals surface area contributed by atoms with E-state index < -0.39 is 0 Å². The molecule has 0 aliphatic heterocycles. The van der Waals surface area contributed by atoms with Crippen LogP contribution in [-0.2, 0) is 16.0 Å². The summed E-state index contributed by atoms with van der Waals surface area (Å²) >= 11 is 5.90. The van der Waals surface area contributed by atoms with E-state index in [9.17, 15) is 9.59 Å². The van der Waals surface area contributed by atoms with Crippen LogP contribution in [0.1, 0.15) is 37.4 Å². The molecule has 0 aliphatic rings. The quantitative estimate of drug-likeness (QED) is 0.828. The summed E-state index contributed by atoms with van der Waals surface area (Å²) in [6.45, 7) is 3.49. The molecule has 4 nitrogen and oxygen atoms in total. The van der Waals surface area contributed by atoms with Crippen molar-refractivity contribution in [1.82, 2.24) is 5.32 Å². The molecular weight excluding hydrogens is 324 g/mol. The van der Waals surface area contributed by atoms with E-state index in [1.807, 2.05) is 43.3 Å². The molecule has 0 heterocycles. The molecule has 0 fully saturated rings. The first kappa shape index (κ1) is 18.0. The molecule has 24 heavy (non-hydrogen) atoms. The van der Waals surface area contributed by atoms with Gasteiger partial charge >= 0.3 is 0 Å². The Bertz CT molecular complexity index is 696. The Morgan fingerprint density at radius 1 is 1.04 bits per heavy atom. The van der Waals surface area contributed by atoms with Crippen LogP contribution in [-0.4, -0.2) is 11.8 Å². The maximum Gasteiger partial charge on any atom is 0.224 e. The zero-order valence-electron chi connectivity index (χ0n) is 13.8. The first-order chi connectivity index (χ1) is 11.5. The monoisotopic (exact) mass is 344 g/mol. The van der Waals surface area contributed by atoms with Gasteiger partial charge in [-0.15, -0.1) is 0 Å². The third-order valence-electron chi connectivity index (χ3n) is 3.65. The third kappa shape index (κ3) is 5.39. The van der Waals surface area contributed by atoms with Gasteiger partial charge < -0.3 is 10.6 Å². The molecule has 0 aromatic heterocycles. The van der Waals surface area contributed by atoms with Crippen LogP contribution in [0, 0.1) is 0 Å². The second-order valence-corrected chi connectivity index (χ2v) is 6.07. The lowest BCUT2D eigenvalue weighted by Gasteiger charge is -2.17. The van der Waals surface area contributed by atoms with Gasteiger partial charge in [-0.2, -0.15) is 0 Å². The lowest BCUT2D eigenvalue weighted by Crippen LogP contribution is -2.29. The number of benzene rings is 2. The SMILES string of the molecule is CC[C@H](NC(=O)Cc1ccc(NC(C)=O)cc1)c1ccc(Cl)cc1. The number of halogens is 1. The standard InChI is InChI=1S/C19H21ClN2O2/c1-3-18(15-6-8-16(20)9-7-15)22-19(24)12-14-4-10-17(11-5-14)21-13(2)23/h4-11,18H,3,12H2,1-2H3,(H,21,23)(H,22,24)/t18-/m0/s1. The highest BCUT2D eigenvalue weighted by Crippen LogP contribution is 2.19. The van der Waals surface area contributed by atoms with Crippen LogP contribution in [0.3, 0.4) is 0 Å². The largest absolute Gasteiger partial charge is 0.349 e. The second-order valence-electron chi connectivity index (χ2n) is 5.63. The van der Waals surface area contributed by atoms with Crippen molar-refractivity contribution in [3.8, 4) is 0 Å². The summed E-state index contributed by atoms with van der Waals surface area (Å²) in [5.41, 5.74) is 2.66. The summed E-state index contributed by atoms with van der Waals surface area (Å²) in [7, 11) is 0. The smallest absolute Gasteiger partial charge is 0.224 e. The molecule has 0 saturated heterocycles. The molecule has 0 bridgehead atoms. The van der Waals surface area contributed by atoms with Gasteiger partial charge in [-0.25, -0.2) is 0 Å². The molecular formula is C19H21ClN2O2. The van der Waals surface area contributed by atoms with Gasteiger partial charge in [0.15, 0.2) is 0 Å². The summed E-state index contributed by atoms with van der Waals surface area (Å²) in [5, 5.41) is 6.43. The number of carbonyl (C=O) groups excluding carboxylic acids is 2. The van der Waals surface area contributed by atoms with E-state index in [-0.39, 0.29) is 17.9 Å². The van der Waals surface area contributed by atoms with Gasteiger partial charge in [0.05, 0.1) is 12.5 Å². The Balaban J connectivity index is 1.96. The van der Waals surface area contributed by atoms with Crippen LogP contribution >= 0.6 is 11.6 Å². The van der Waals surface area contributed by atoms with E-state index in [0.717, 1.165) is 23.2 Å². The molecule has 0 saturated carbocycles. The van der Waals surface area contributed by atoms with Crippen molar-refractivity contribution in [1.29, 1.82) is 0 Å². The average molecular weight is 345 g/mol. The molecule has 5 heteroatoms. The maximum atomic E-state index is 12.3. The Labute approximate surface area is 147 Å². The van der Waals surface area contributed by atoms with Gasteiger partial charge in [0.1, 0.15) is 0 Å². The molecule has 0 radical (unpaired) electrons. The Kier molecular flexibility index (Phi) is 6.38. The van der Waals surface area contributed by atoms with Crippen molar-refractivity contribution < 1.29 is 9.59 Å². The number of hydrogen-bond acceptors (Lipinski definition) is 2. The molecule has 2 amide bonds. The topological polar surface area (TPSA) is 58.2 Å². The van der Waals surface area contributed by atoms with Crippen molar-refractivity contribution in [3.63, 3.8) is 0 Å². The van der Waals surface area contributed by atoms with E-state index in [4.69, 9.17) is 11.6 Å². The predicted octanol–water partition coefficient (Wildman–Crippen LogP) is 4.11. The summed E-state index contributed by atoms with van der Waals surface area (Å²) in [4.78, 5) is 23.3. The van der Waals surface area contributed by atoms with E-state index in [1.54, 1.807) is 12.1 Å². The van der Waals surface area contributed by atoms with Gasteiger partial charge in [0, 0.05) is 17.6 Å². The zero-order chi connectivity index (χ0) is 17.5. The fraction of sp³-hybridized carbons (Fsp3) is 0.263. The molecule has 2 rings (SSSR count). The number of hydrogen-bond donors (Lipinski definition) is 2. The summed E-state index contributed by atoms with van der Waals surface area (Å²) < 4.78 is 0. The molecule has 1 atom stereocenters. The van der Waals surface area contributed by atoms with Crippen molar-refractivity contribution in [2.75, 3.05) is 5.32 Å². The van der Waals surface area contributed by atoms with Crippen LogP contribution in [0.2, 0.25) is 5.02 Å². The van der Waals surface area contributed by atoms with Crippen molar-refractivity contribution >= 4 is 29.1 Å². The van der Waals surface area contributed by atoms with Crippen LogP contribution in [0.15, 0.2) is 48.5 Å². The highest BCUT2D eigenvalue weighted by Gasteiger charge is 2.13. The Morgan fingerprint density at radius 3 is 2.21 bits per heavy atom. The number of anilines is 1. The molecule has 126 valence electrons. The Morgan fingerprint density at radius 2 is 1.67 bits per heavy atom. The highest BCUT2D eigenvalue weighted by atomic mass is 35.5. The minimum absolute atomic E-state index is 0.0339. The van der Waals surface area contributed by atoms with Crippen LogP contribution in [0.5, 0.6) is 0 Å². The molecule has 0 spiro atoms. The zero-order valence-corrected chi connectivity index (χ0v) is 14.6. The molecule has 0 aliphatic carbocycles. The molecule has 0 unspecified atom stereocenters. The van der Waals surface area contributed by atoms with E-state index in [0.29, 0.717) is 11.4 Å². The summed E-state index contributed by atoms with van der Waals surface area (Å²) in [6.07, 6.45) is 1.10. The number of carbonyl (C=O) groups is 2. The first-order valence-electron chi connectivity index (χ1n) is 7.89. The number of amides is 2. The third-order valence-corrected chi connectivity index (χ3v) is 3.91. The van der Waals surface area contributed by atoms with Gasteiger partial charge in [-0.05, 0) is 41.8 Å². The van der Waals surface area contributed by atoms with Gasteiger partial charge in [0.2, 0.25) is 11.8 Å². The second kappa shape index (κ2) is 8.50. The fourth-order valence-electron chi connectivity index (χ4n) is 2.46. The maximum absolute atomic E-state index is 12.3. The lowest BCUT2D eigenvalue weighted by atomic mass is 10.0. The lowest BCUT2D eigenvalue weighted by molar-refractivity contribution is -0.121. The van der Waals surface area contributed by atoms with Crippen molar-refractivity contribution in [2.45, 2.75) is 32.7 Å². The van der Waals surface area contributed by atoms with Crippen molar-refractivity contribution in [3.05, 3.63) is 64.7 Å². The minimum atomic E-state index is -0.116. The van der Waals surface area contributed by atoms with E-state index in [2.05, 4.69) is 10.6 Å². The van der Waals surface area contributed by atoms with E-state index in [1.165, 1.54) is 6.92 Å². The van der Waals surface area contributed by atoms with Gasteiger partial charge in [-0.3, -0.25) is 9.59 Å². The number of nitrogens with one attached hydrogen (secondary N) is 2. The fourth-order valence-corrected chi connectivity index (χ4v) is 2.58. The van der Waals surface area contributed by atoms with Gasteiger partial charge in [0.25, 0.3) is 0 Å². The molecule has 2 N–H and O–H groups in total. The van der Waals surface area contributed by atoms with Crippen LogP contribution < -0.4 is 10.6 Å². The van der Waals surface area contributed by atoms with E-state index >= 15 is 0 Å². The summed E-state index contributed by atoms with van der Waals surface area (Å²) in [5.74, 6) is -0.154. The van der Waals surface area contributed by atoms with Crippen LogP contribution in [0.25, 0.3) is 0 Å². The Hall–Kier alpha value is -2.33. The normalized spacial score (nSPS) is 11.6. The number of rotatable bonds is 6. The average Bonchev–Trinajstić information content (AvgIpc) is 2.55. The first-order valence-corrected chi connectivity index (χ1v) is 8.27. The summed E-state index contributed by atoms with van der Waals surface area (Å²) in [6, 6.07) is 14.7. The minimum Gasteiger partial charge on any atom is -0.349 e.